The minimum Gasteiger partial charge on any atom is -0.340 e. The molecule has 0 bridgehead atoms. The van der Waals surface area contributed by atoms with Crippen molar-refractivity contribution in [2.45, 2.75) is 26.3 Å². The minimum atomic E-state index is -0.552. The van der Waals surface area contributed by atoms with Crippen LogP contribution in [0.25, 0.3) is 0 Å². The average molecular weight is 326 g/mol. The van der Waals surface area contributed by atoms with Crippen LogP contribution in [0.4, 0.5) is 10.1 Å². The molecular formula is C19H19FN2O2. The lowest BCUT2D eigenvalue weighted by molar-refractivity contribution is -0.118. The molecule has 1 atom stereocenters. The Balaban J connectivity index is 1.70. The molecule has 124 valence electrons. The molecule has 1 fully saturated rings. The average Bonchev–Trinajstić information content (AvgIpc) is 2.91. The van der Waals surface area contributed by atoms with Crippen molar-refractivity contribution in [2.24, 2.45) is 0 Å². The zero-order valence-corrected chi connectivity index (χ0v) is 13.7. The predicted molar refractivity (Wildman–Crippen MR) is 90.5 cm³/mol. The molecule has 1 heterocycles. The van der Waals surface area contributed by atoms with Crippen molar-refractivity contribution in [3.05, 3.63) is 65.0 Å². The van der Waals surface area contributed by atoms with Crippen LogP contribution in [-0.2, 0) is 4.79 Å². The SMILES string of the molecule is Cc1ccc(N2CC[C@H](NC(=O)c3ccc(F)cc3)C2=O)cc1C. The Morgan fingerprint density at radius 1 is 1.12 bits per heavy atom. The van der Waals surface area contributed by atoms with Gasteiger partial charge in [-0.15, -0.1) is 0 Å². The largest absolute Gasteiger partial charge is 0.340 e. The summed E-state index contributed by atoms with van der Waals surface area (Å²) in [5, 5.41) is 2.74. The smallest absolute Gasteiger partial charge is 0.251 e. The fourth-order valence-corrected chi connectivity index (χ4v) is 2.81. The number of halogens is 1. The number of anilines is 1. The molecule has 1 aliphatic heterocycles. The summed E-state index contributed by atoms with van der Waals surface area (Å²) >= 11 is 0. The summed E-state index contributed by atoms with van der Waals surface area (Å²) in [6.07, 6.45) is 0.554. The number of benzene rings is 2. The normalized spacial score (nSPS) is 17.2. The summed E-state index contributed by atoms with van der Waals surface area (Å²) in [5.41, 5.74) is 3.49. The van der Waals surface area contributed by atoms with Gasteiger partial charge in [-0.3, -0.25) is 9.59 Å². The Labute approximate surface area is 140 Å². The van der Waals surface area contributed by atoms with Gasteiger partial charge in [-0.1, -0.05) is 6.07 Å². The molecule has 24 heavy (non-hydrogen) atoms. The summed E-state index contributed by atoms with van der Waals surface area (Å²) in [5.74, 6) is -0.881. The van der Waals surface area contributed by atoms with E-state index in [-0.39, 0.29) is 11.8 Å². The summed E-state index contributed by atoms with van der Waals surface area (Å²) in [6, 6.07) is 10.6. The number of nitrogens with zero attached hydrogens (tertiary/aromatic N) is 1. The molecule has 4 nitrogen and oxygen atoms in total. The van der Waals surface area contributed by atoms with E-state index in [1.54, 1.807) is 4.90 Å². The number of carbonyl (C=O) groups is 2. The number of amides is 2. The minimum absolute atomic E-state index is 0.117. The Morgan fingerprint density at radius 3 is 2.50 bits per heavy atom. The van der Waals surface area contributed by atoms with Gasteiger partial charge in [0.25, 0.3) is 5.91 Å². The highest BCUT2D eigenvalue weighted by Crippen LogP contribution is 2.24. The predicted octanol–water partition coefficient (Wildman–Crippen LogP) is 2.98. The first-order valence-corrected chi connectivity index (χ1v) is 7.91. The first-order chi connectivity index (χ1) is 11.5. The maximum atomic E-state index is 12.9. The van der Waals surface area contributed by atoms with Crippen LogP contribution in [0.2, 0.25) is 0 Å². The molecule has 1 N–H and O–H groups in total. The van der Waals surface area contributed by atoms with Gasteiger partial charge in [-0.25, -0.2) is 4.39 Å². The highest BCUT2D eigenvalue weighted by molar-refractivity contribution is 6.03. The summed E-state index contributed by atoms with van der Waals surface area (Å²) in [4.78, 5) is 26.5. The standard InChI is InChI=1S/C19H19FN2O2/c1-12-3-8-16(11-13(12)2)22-10-9-17(19(22)24)21-18(23)14-4-6-15(20)7-5-14/h3-8,11,17H,9-10H2,1-2H3,(H,21,23)/t17-/m0/s1. The molecule has 1 saturated heterocycles. The molecule has 0 unspecified atom stereocenters. The molecule has 2 aromatic rings. The third-order valence-electron chi connectivity index (χ3n) is 4.42. The Bertz CT molecular complexity index is 786. The maximum absolute atomic E-state index is 12.9. The Hall–Kier alpha value is -2.69. The van der Waals surface area contributed by atoms with Crippen molar-refractivity contribution in [2.75, 3.05) is 11.4 Å². The summed E-state index contributed by atoms with van der Waals surface area (Å²) in [6.45, 7) is 4.60. The van der Waals surface area contributed by atoms with E-state index in [2.05, 4.69) is 5.32 Å². The lowest BCUT2D eigenvalue weighted by atomic mass is 10.1. The van der Waals surface area contributed by atoms with E-state index >= 15 is 0 Å². The fourth-order valence-electron chi connectivity index (χ4n) is 2.81. The number of carbonyl (C=O) groups excluding carboxylic acids is 2. The first-order valence-electron chi connectivity index (χ1n) is 7.91. The van der Waals surface area contributed by atoms with Crippen molar-refractivity contribution < 1.29 is 14.0 Å². The summed E-state index contributed by atoms with van der Waals surface area (Å²) in [7, 11) is 0. The van der Waals surface area contributed by atoms with Gasteiger partial charge >= 0.3 is 0 Å². The van der Waals surface area contributed by atoms with Gasteiger partial charge in [0, 0.05) is 17.8 Å². The highest BCUT2D eigenvalue weighted by atomic mass is 19.1. The molecule has 0 saturated carbocycles. The van der Waals surface area contributed by atoms with Gasteiger partial charge in [0.2, 0.25) is 5.91 Å². The maximum Gasteiger partial charge on any atom is 0.251 e. The highest BCUT2D eigenvalue weighted by Gasteiger charge is 2.33. The molecular weight excluding hydrogens is 307 g/mol. The third kappa shape index (κ3) is 3.15. The molecule has 2 aromatic carbocycles. The van der Waals surface area contributed by atoms with Crippen LogP contribution in [0, 0.1) is 19.7 Å². The van der Waals surface area contributed by atoms with Crippen molar-refractivity contribution in [3.8, 4) is 0 Å². The van der Waals surface area contributed by atoms with Gasteiger partial charge in [-0.05, 0) is 67.8 Å². The van der Waals surface area contributed by atoms with Crippen LogP contribution >= 0.6 is 0 Å². The van der Waals surface area contributed by atoms with Gasteiger partial charge in [-0.2, -0.15) is 0 Å². The van der Waals surface area contributed by atoms with E-state index < -0.39 is 11.9 Å². The monoisotopic (exact) mass is 326 g/mol. The van der Waals surface area contributed by atoms with Gasteiger partial charge in [0.1, 0.15) is 11.9 Å². The topological polar surface area (TPSA) is 49.4 Å². The van der Waals surface area contributed by atoms with Crippen LogP contribution in [0.1, 0.15) is 27.9 Å². The molecule has 1 aliphatic rings. The van der Waals surface area contributed by atoms with Crippen LogP contribution in [-0.4, -0.2) is 24.4 Å². The van der Waals surface area contributed by atoms with E-state index in [0.29, 0.717) is 18.5 Å². The van der Waals surface area contributed by atoms with Crippen LogP contribution in [0.3, 0.4) is 0 Å². The number of aryl methyl sites for hydroxylation is 2. The lowest BCUT2D eigenvalue weighted by Gasteiger charge is -2.18. The molecule has 0 aliphatic carbocycles. The lowest BCUT2D eigenvalue weighted by Crippen LogP contribution is -2.41. The number of hydrogen-bond acceptors (Lipinski definition) is 2. The van der Waals surface area contributed by atoms with E-state index in [1.807, 2.05) is 32.0 Å². The van der Waals surface area contributed by atoms with Crippen LogP contribution in [0.15, 0.2) is 42.5 Å². The zero-order valence-electron chi connectivity index (χ0n) is 13.7. The third-order valence-corrected chi connectivity index (χ3v) is 4.42. The molecule has 5 heteroatoms. The number of nitrogens with one attached hydrogen (secondary N) is 1. The molecule has 0 aromatic heterocycles. The molecule has 2 amide bonds. The van der Waals surface area contributed by atoms with Crippen molar-refractivity contribution in [1.82, 2.24) is 5.32 Å². The Morgan fingerprint density at radius 2 is 1.83 bits per heavy atom. The van der Waals surface area contributed by atoms with Gasteiger partial charge in [0.15, 0.2) is 0 Å². The van der Waals surface area contributed by atoms with Crippen LogP contribution in [0.5, 0.6) is 0 Å². The van der Waals surface area contributed by atoms with E-state index in [1.165, 1.54) is 29.8 Å². The van der Waals surface area contributed by atoms with E-state index in [0.717, 1.165) is 11.3 Å². The van der Waals surface area contributed by atoms with Gasteiger partial charge in [0.05, 0.1) is 0 Å². The summed E-state index contributed by atoms with van der Waals surface area (Å²) < 4.78 is 12.9. The second kappa shape index (κ2) is 6.43. The van der Waals surface area contributed by atoms with E-state index in [9.17, 15) is 14.0 Å². The van der Waals surface area contributed by atoms with Gasteiger partial charge < -0.3 is 10.2 Å². The second-order valence-electron chi connectivity index (χ2n) is 6.08. The van der Waals surface area contributed by atoms with Crippen molar-refractivity contribution >= 4 is 17.5 Å². The number of hydrogen-bond donors (Lipinski definition) is 1. The fraction of sp³-hybridized carbons (Fsp3) is 0.263. The molecule has 3 rings (SSSR count). The second-order valence-corrected chi connectivity index (χ2v) is 6.08. The van der Waals surface area contributed by atoms with E-state index in [4.69, 9.17) is 0 Å². The molecule has 0 radical (unpaired) electrons. The van der Waals surface area contributed by atoms with Crippen LogP contribution < -0.4 is 10.2 Å². The zero-order chi connectivity index (χ0) is 17.3. The number of rotatable bonds is 3. The quantitative estimate of drug-likeness (QED) is 0.943. The first kappa shape index (κ1) is 16.2. The van der Waals surface area contributed by atoms with Crippen molar-refractivity contribution in [3.63, 3.8) is 0 Å². The van der Waals surface area contributed by atoms with Crippen molar-refractivity contribution in [1.29, 1.82) is 0 Å². The molecule has 0 spiro atoms. The Kier molecular flexibility index (Phi) is 4.34.